The number of hydrogen-bond donors (Lipinski definition) is 4. The van der Waals surface area contributed by atoms with Crippen LogP contribution in [0.5, 0.6) is 0 Å². The lowest BCUT2D eigenvalue weighted by molar-refractivity contribution is 0.0962. The highest BCUT2D eigenvalue weighted by atomic mass is 35.5. The van der Waals surface area contributed by atoms with Crippen molar-refractivity contribution in [3.05, 3.63) is 70.0 Å². The van der Waals surface area contributed by atoms with E-state index < -0.39 is 17.5 Å². The molecule has 0 aliphatic heterocycles. The Hall–Kier alpha value is -3.17. The molecule has 2 aromatic carbocycles. The molecular formula is C17H12Cl2F2N6O. The number of amides is 1. The van der Waals surface area contributed by atoms with Crippen LogP contribution in [0.4, 0.5) is 31.8 Å². The molecule has 144 valence electrons. The zero-order chi connectivity index (χ0) is 20.3. The number of rotatable bonds is 5. The van der Waals surface area contributed by atoms with Gasteiger partial charge in [-0.15, -0.1) is 0 Å². The van der Waals surface area contributed by atoms with Crippen LogP contribution in [0.2, 0.25) is 10.0 Å². The van der Waals surface area contributed by atoms with Crippen LogP contribution in [0.15, 0.2) is 42.7 Å². The quantitative estimate of drug-likeness (QED) is 0.458. The Balaban J connectivity index is 1.75. The van der Waals surface area contributed by atoms with E-state index in [0.717, 1.165) is 18.5 Å². The number of carbonyl (C=O) groups excluding carboxylic acids is 1. The van der Waals surface area contributed by atoms with E-state index >= 15 is 0 Å². The van der Waals surface area contributed by atoms with Crippen LogP contribution >= 0.6 is 23.2 Å². The Morgan fingerprint density at radius 1 is 1.04 bits per heavy atom. The van der Waals surface area contributed by atoms with Crippen LogP contribution in [0.25, 0.3) is 0 Å². The Bertz CT molecular complexity index is 1050. The number of carbonyl (C=O) groups is 1. The Kier molecular flexibility index (Phi) is 5.76. The third-order valence-corrected chi connectivity index (χ3v) is 4.09. The zero-order valence-electron chi connectivity index (χ0n) is 13.9. The molecule has 11 heteroatoms. The van der Waals surface area contributed by atoms with Crippen LogP contribution in [-0.4, -0.2) is 15.9 Å². The molecule has 0 saturated heterocycles. The predicted octanol–water partition coefficient (Wildman–Crippen LogP) is 4.14. The number of halogens is 4. The lowest BCUT2D eigenvalue weighted by atomic mass is 10.2. The molecule has 0 aliphatic carbocycles. The first kappa shape index (κ1) is 19.6. The fourth-order valence-electron chi connectivity index (χ4n) is 2.17. The molecule has 3 rings (SSSR count). The maximum atomic E-state index is 13.8. The average molecular weight is 425 g/mol. The van der Waals surface area contributed by atoms with E-state index in [0.29, 0.717) is 5.02 Å². The monoisotopic (exact) mass is 424 g/mol. The van der Waals surface area contributed by atoms with Crippen LogP contribution in [0.3, 0.4) is 0 Å². The smallest absolute Gasteiger partial charge is 0.271 e. The molecule has 1 heterocycles. The minimum Gasteiger partial charge on any atom is -0.393 e. The number of hydrogen-bond acceptors (Lipinski definition) is 6. The van der Waals surface area contributed by atoms with Crippen molar-refractivity contribution in [2.24, 2.45) is 0 Å². The van der Waals surface area contributed by atoms with Gasteiger partial charge in [0.2, 0.25) is 0 Å². The van der Waals surface area contributed by atoms with Crippen molar-refractivity contribution in [2.75, 3.05) is 16.5 Å². The first-order valence-electron chi connectivity index (χ1n) is 7.69. The molecule has 0 atom stereocenters. The van der Waals surface area contributed by atoms with Gasteiger partial charge < -0.3 is 11.1 Å². The van der Waals surface area contributed by atoms with Crippen molar-refractivity contribution in [1.82, 2.24) is 15.4 Å². The van der Waals surface area contributed by atoms with Gasteiger partial charge in [0, 0.05) is 11.1 Å². The largest absolute Gasteiger partial charge is 0.393 e. The fourth-order valence-corrected chi connectivity index (χ4v) is 2.66. The number of nitrogens with two attached hydrogens (primary N) is 1. The first-order chi connectivity index (χ1) is 13.3. The van der Waals surface area contributed by atoms with Crippen molar-refractivity contribution in [3.8, 4) is 0 Å². The number of benzene rings is 2. The molecule has 0 saturated carbocycles. The third-order valence-electron chi connectivity index (χ3n) is 3.54. The number of nitrogens with zero attached hydrogens (tertiary/aromatic N) is 2. The van der Waals surface area contributed by atoms with E-state index in [1.807, 2.05) is 0 Å². The van der Waals surface area contributed by atoms with E-state index in [1.54, 1.807) is 0 Å². The number of anilines is 4. The minimum absolute atomic E-state index is 0.00581. The van der Waals surface area contributed by atoms with Gasteiger partial charge in [0.15, 0.2) is 11.6 Å². The van der Waals surface area contributed by atoms with Gasteiger partial charge in [-0.2, -0.15) is 0 Å². The van der Waals surface area contributed by atoms with E-state index in [-0.39, 0.29) is 33.6 Å². The maximum Gasteiger partial charge on any atom is 0.271 e. The van der Waals surface area contributed by atoms with Crippen molar-refractivity contribution < 1.29 is 13.6 Å². The topological polar surface area (TPSA) is 105 Å². The molecule has 0 bridgehead atoms. The zero-order valence-corrected chi connectivity index (χ0v) is 15.4. The van der Waals surface area contributed by atoms with Crippen LogP contribution in [-0.2, 0) is 0 Å². The highest BCUT2D eigenvalue weighted by molar-refractivity contribution is 6.36. The van der Waals surface area contributed by atoms with Crippen molar-refractivity contribution >= 4 is 52.1 Å². The molecule has 3 aromatic rings. The average Bonchev–Trinajstić information content (AvgIpc) is 2.64. The Labute approximate surface area is 167 Å². The van der Waals surface area contributed by atoms with E-state index in [2.05, 4.69) is 26.1 Å². The molecular weight excluding hydrogens is 413 g/mol. The summed E-state index contributed by atoms with van der Waals surface area (Å²) in [6.07, 6.45) is 1.14. The molecule has 0 radical (unpaired) electrons. The molecule has 28 heavy (non-hydrogen) atoms. The van der Waals surface area contributed by atoms with Gasteiger partial charge in [0.1, 0.15) is 23.6 Å². The normalized spacial score (nSPS) is 10.4. The summed E-state index contributed by atoms with van der Waals surface area (Å²) in [7, 11) is 0. The maximum absolute atomic E-state index is 13.8. The summed E-state index contributed by atoms with van der Waals surface area (Å²) < 4.78 is 26.8. The van der Waals surface area contributed by atoms with Crippen LogP contribution in [0, 0.1) is 11.6 Å². The summed E-state index contributed by atoms with van der Waals surface area (Å²) >= 11 is 11.8. The second-order valence-electron chi connectivity index (χ2n) is 5.44. The molecule has 0 unspecified atom stereocenters. The summed E-state index contributed by atoms with van der Waals surface area (Å²) in [5.74, 6) is -1.98. The molecule has 5 N–H and O–H groups in total. The number of aromatic nitrogens is 2. The van der Waals surface area contributed by atoms with Gasteiger partial charge in [0.25, 0.3) is 5.91 Å². The lowest BCUT2D eigenvalue weighted by Gasteiger charge is -2.14. The highest BCUT2D eigenvalue weighted by Gasteiger charge is 2.14. The summed E-state index contributed by atoms with van der Waals surface area (Å²) in [5, 5.41) is 3.19. The first-order valence-corrected chi connectivity index (χ1v) is 8.44. The molecule has 1 amide bonds. The van der Waals surface area contributed by atoms with Crippen molar-refractivity contribution in [1.29, 1.82) is 0 Å². The third kappa shape index (κ3) is 4.38. The highest BCUT2D eigenvalue weighted by Crippen LogP contribution is 2.27. The van der Waals surface area contributed by atoms with Gasteiger partial charge in [-0.05, 0) is 30.3 Å². The SMILES string of the molecule is Nc1c(NNC(=O)c2ccc(Cl)cc2Cl)ncnc1Nc1ccc(F)cc1F. The Morgan fingerprint density at radius 2 is 1.79 bits per heavy atom. The summed E-state index contributed by atoms with van der Waals surface area (Å²) in [5.41, 5.74) is 11.0. The number of nitrogens with one attached hydrogen (secondary N) is 3. The van der Waals surface area contributed by atoms with Crippen LogP contribution in [0.1, 0.15) is 10.4 Å². The van der Waals surface area contributed by atoms with E-state index in [9.17, 15) is 13.6 Å². The molecule has 7 nitrogen and oxygen atoms in total. The summed E-state index contributed by atoms with van der Waals surface area (Å²) in [6, 6.07) is 7.39. The summed E-state index contributed by atoms with van der Waals surface area (Å²) in [4.78, 5) is 20.0. The lowest BCUT2D eigenvalue weighted by Crippen LogP contribution is -2.30. The minimum atomic E-state index is -0.821. The number of hydrazine groups is 1. The van der Waals surface area contributed by atoms with Crippen molar-refractivity contribution in [3.63, 3.8) is 0 Å². The molecule has 1 aromatic heterocycles. The molecule has 0 spiro atoms. The van der Waals surface area contributed by atoms with Crippen molar-refractivity contribution in [2.45, 2.75) is 0 Å². The van der Waals surface area contributed by atoms with Crippen LogP contribution < -0.4 is 21.9 Å². The molecule has 0 aliphatic rings. The van der Waals surface area contributed by atoms with Gasteiger partial charge in [0.05, 0.1) is 16.3 Å². The van der Waals surface area contributed by atoms with E-state index in [4.69, 9.17) is 28.9 Å². The van der Waals surface area contributed by atoms with Gasteiger partial charge >= 0.3 is 0 Å². The van der Waals surface area contributed by atoms with Gasteiger partial charge in [-0.1, -0.05) is 23.2 Å². The van der Waals surface area contributed by atoms with Gasteiger partial charge in [-0.25, -0.2) is 18.7 Å². The fraction of sp³-hybridized carbons (Fsp3) is 0. The molecule has 0 fully saturated rings. The predicted molar refractivity (Wildman–Crippen MR) is 104 cm³/mol. The number of nitrogen functional groups attached to an aromatic ring is 1. The van der Waals surface area contributed by atoms with Gasteiger partial charge in [-0.3, -0.25) is 15.6 Å². The standard InChI is InChI=1S/C17H12Cl2F2N6O/c18-8-1-3-10(11(19)5-8)17(28)27-26-16-14(22)15(23-7-24-16)25-13-4-2-9(20)6-12(13)21/h1-7H,22H2,(H,27,28)(H2,23,24,25,26). The second kappa shape index (κ2) is 8.24. The second-order valence-corrected chi connectivity index (χ2v) is 6.28. The Morgan fingerprint density at radius 3 is 2.50 bits per heavy atom. The summed E-state index contributed by atoms with van der Waals surface area (Å²) in [6.45, 7) is 0. The van der Waals surface area contributed by atoms with E-state index in [1.165, 1.54) is 24.3 Å².